The van der Waals surface area contributed by atoms with Gasteiger partial charge in [0.2, 0.25) is 0 Å². The molecule has 0 saturated carbocycles. The molecular formula is C13H29N3. The highest BCUT2D eigenvalue weighted by molar-refractivity contribution is 4.93. The second kappa shape index (κ2) is 5.48. The van der Waals surface area contributed by atoms with Crippen molar-refractivity contribution in [3.05, 3.63) is 0 Å². The Bertz CT molecular complexity index is 191. The second-order valence-electron chi connectivity index (χ2n) is 6.58. The first-order chi connectivity index (χ1) is 7.28. The van der Waals surface area contributed by atoms with Crippen molar-refractivity contribution in [2.75, 3.05) is 40.3 Å². The van der Waals surface area contributed by atoms with Gasteiger partial charge >= 0.3 is 0 Å². The summed E-state index contributed by atoms with van der Waals surface area (Å²) >= 11 is 0. The number of hydrogen-bond acceptors (Lipinski definition) is 3. The lowest BCUT2D eigenvalue weighted by Crippen LogP contribution is -2.64. The van der Waals surface area contributed by atoms with Crippen LogP contribution in [-0.2, 0) is 0 Å². The lowest BCUT2D eigenvalue weighted by molar-refractivity contribution is 0.0950. The quantitative estimate of drug-likeness (QED) is 0.780. The minimum absolute atomic E-state index is 0.244. The van der Waals surface area contributed by atoms with Gasteiger partial charge in [-0.1, -0.05) is 13.8 Å². The molecule has 3 nitrogen and oxygen atoms in total. The second-order valence-corrected chi connectivity index (χ2v) is 6.58. The van der Waals surface area contributed by atoms with Crippen molar-refractivity contribution in [1.82, 2.24) is 15.1 Å². The summed E-state index contributed by atoms with van der Waals surface area (Å²) in [4.78, 5) is 4.88. The summed E-state index contributed by atoms with van der Waals surface area (Å²) in [6, 6.07) is 0.595. The molecule has 0 radical (unpaired) electrons. The molecule has 1 rings (SSSR count). The molecule has 3 heteroatoms. The molecule has 1 saturated heterocycles. The summed E-state index contributed by atoms with van der Waals surface area (Å²) in [5.41, 5.74) is 0.244. The van der Waals surface area contributed by atoms with Crippen molar-refractivity contribution in [3.8, 4) is 0 Å². The highest BCUT2D eigenvalue weighted by atomic mass is 15.3. The van der Waals surface area contributed by atoms with E-state index in [4.69, 9.17) is 0 Å². The fraction of sp³-hybridized carbons (Fsp3) is 1.00. The molecule has 0 aromatic heterocycles. The first-order valence-corrected chi connectivity index (χ1v) is 6.43. The van der Waals surface area contributed by atoms with E-state index in [-0.39, 0.29) is 5.54 Å². The molecule has 0 amide bonds. The average molecular weight is 227 g/mol. The van der Waals surface area contributed by atoms with Crippen molar-refractivity contribution in [1.29, 1.82) is 0 Å². The maximum atomic E-state index is 3.74. The van der Waals surface area contributed by atoms with Crippen LogP contribution in [0.1, 0.15) is 27.7 Å². The van der Waals surface area contributed by atoms with E-state index in [2.05, 4.69) is 56.9 Å². The average Bonchev–Trinajstić information content (AvgIpc) is 1.95. The molecule has 0 bridgehead atoms. The van der Waals surface area contributed by atoms with Crippen LogP contribution in [0.15, 0.2) is 0 Å². The van der Waals surface area contributed by atoms with Crippen molar-refractivity contribution in [3.63, 3.8) is 0 Å². The van der Waals surface area contributed by atoms with Gasteiger partial charge in [-0.15, -0.1) is 0 Å². The van der Waals surface area contributed by atoms with Crippen molar-refractivity contribution >= 4 is 0 Å². The first kappa shape index (κ1) is 13.9. The van der Waals surface area contributed by atoms with Gasteiger partial charge in [-0.25, -0.2) is 0 Å². The first-order valence-electron chi connectivity index (χ1n) is 6.43. The van der Waals surface area contributed by atoms with E-state index in [0.29, 0.717) is 6.04 Å². The number of rotatable bonds is 4. The molecule has 1 aliphatic heterocycles. The molecule has 1 unspecified atom stereocenters. The number of hydrogen-bond donors (Lipinski definition) is 1. The molecular weight excluding hydrogens is 198 g/mol. The molecule has 96 valence electrons. The summed E-state index contributed by atoms with van der Waals surface area (Å²) in [5.74, 6) is 0.758. The molecule has 1 atom stereocenters. The lowest BCUT2D eigenvalue weighted by atomic mass is 9.97. The molecule has 1 N–H and O–H groups in total. The fourth-order valence-electron chi connectivity index (χ4n) is 2.78. The van der Waals surface area contributed by atoms with E-state index in [1.807, 2.05) is 0 Å². The maximum Gasteiger partial charge on any atom is 0.0327 e. The maximum absolute atomic E-state index is 3.74. The summed E-state index contributed by atoms with van der Waals surface area (Å²) in [6.07, 6.45) is 0. The van der Waals surface area contributed by atoms with E-state index in [1.165, 1.54) is 13.1 Å². The summed E-state index contributed by atoms with van der Waals surface area (Å²) < 4.78 is 0. The van der Waals surface area contributed by atoms with Crippen LogP contribution in [0.5, 0.6) is 0 Å². The van der Waals surface area contributed by atoms with Gasteiger partial charge in [0, 0.05) is 37.8 Å². The van der Waals surface area contributed by atoms with Gasteiger partial charge in [0.15, 0.2) is 0 Å². The van der Waals surface area contributed by atoms with E-state index >= 15 is 0 Å². The van der Waals surface area contributed by atoms with Gasteiger partial charge in [-0.2, -0.15) is 0 Å². The highest BCUT2D eigenvalue weighted by Crippen LogP contribution is 2.15. The third-order valence-corrected chi connectivity index (χ3v) is 2.90. The number of piperazine rings is 1. The predicted octanol–water partition coefficient (Wildman–Crippen LogP) is 1.26. The molecule has 1 fully saturated rings. The standard InChI is InChI=1S/C13H29N3/c1-11(2)7-16-9-12(8-15(5)6)14-13(3,4)10-16/h11-12,14H,7-10H2,1-6H3. The summed E-state index contributed by atoms with van der Waals surface area (Å²) in [5, 5.41) is 3.74. The minimum atomic E-state index is 0.244. The van der Waals surface area contributed by atoms with Crippen molar-refractivity contribution in [2.45, 2.75) is 39.3 Å². The van der Waals surface area contributed by atoms with Gasteiger partial charge in [-0.05, 0) is 33.9 Å². The topological polar surface area (TPSA) is 18.5 Å². The largest absolute Gasteiger partial charge is 0.308 e. The third kappa shape index (κ3) is 4.81. The summed E-state index contributed by atoms with van der Waals surface area (Å²) in [7, 11) is 4.30. The molecule has 0 aliphatic carbocycles. The number of nitrogens with zero attached hydrogens (tertiary/aromatic N) is 2. The normalized spacial score (nSPS) is 26.6. The number of likely N-dealkylation sites (N-methyl/N-ethyl adjacent to an activating group) is 1. The van der Waals surface area contributed by atoms with Crippen LogP contribution in [0.25, 0.3) is 0 Å². The SMILES string of the molecule is CC(C)CN1CC(CN(C)C)NC(C)(C)C1. The Hall–Kier alpha value is -0.120. The van der Waals surface area contributed by atoms with Crippen LogP contribution in [-0.4, -0.2) is 61.7 Å². The van der Waals surface area contributed by atoms with Crippen LogP contribution in [0, 0.1) is 5.92 Å². The van der Waals surface area contributed by atoms with Crippen LogP contribution in [0.2, 0.25) is 0 Å². The Morgan fingerprint density at radius 1 is 1.38 bits per heavy atom. The Kier molecular flexibility index (Phi) is 4.77. The molecule has 0 aromatic rings. The van der Waals surface area contributed by atoms with Crippen LogP contribution < -0.4 is 5.32 Å². The van der Waals surface area contributed by atoms with Crippen LogP contribution in [0.3, 0.4) is 0 Å². The fourth-order valence-corrected chi connectivity index (χ4v) is 2.78. The van der Waals surface area contributed by atoms with E-state index < -0.39 is 0 Å². The zero-order valence-electron chi connectivity index (χ0n) is 11.9. The molecule has 1 heterocycles. The molecule has 1 aliphatic rings. The third-order valence-electron chi connectivity index (χ3n) is 2.90. The monoisotopic (exact) mass is 227 g/mol. The Balaban J connectivity index is 2.55. The molecule has 0 spiro atoms. The molecule has 0 aromatic carbocycles. The highest BCUT2D eigenvalue weighted by Gasteiger charge is 2.31. The smallest absolute Gasteiger partial charge is 0.0327 e. The molecule has 16 heavy (non-hydrogen) atoms. The van der Waals surface area contributed by atoms with E-state index in [9.17, 15) is 0 Å². The zero-order chi connectivity index (χ0) is 12.3. The van der Waals surface area contributed by atoms with Gasteiger partial charge in [0.1, 0.15) is 0 Å². The van der Waals surface area contributed by atoms with E-state index in [1.54, 1.807) is 0 Å². The Morgan fingerprint density at radius 3 is 2.50 bits per heavy atom. The van der Waals surface area contributed by atoms with Gasteiger partial charge in [-0.3, -0.25) is 4.90 Å². The van der Waals surface area contributed by atoms with Crippen molar-refractivity contribution in [2.24, 2.45) is 5.92 Å². The van der Waals surface area contributed by atoms with Gasteiger partial charge in [0.05, 0.1) is 0 Å². The van der Waals surface area contributed by atoms with Crippen LogP contribution in [0.4, 0.5) is 0 Å². The van der Waals surface area contributed by atoms with Crippen molar-refractivity contribution < 1.29 is 0 Å². The predicted molar refractivity (Wildman–Crippen MR) is 70.8 cm³/mol. The van der Waals surface area contributed by atoms with Crippen LogP contribution >= 0.6 is 0 Å². The lowest BCUT2D eigenvalue weighted by Gasteiger charge is -2.45. The summed E-state index contributed by atoms with van der Waals surface area (Å²) in [6.45, 7) is 13.9. The number of nitrogens with one attached hydrogen (secondary N) is 1. The zero-order valence-corrected chi connectivity index (χ0v) is 11.9. The van der Waals surface area contributed by atoms with Gasteiger partial charge in [0.25, 0.3) is 0 Å². The van der Waals surface area contributed by atoms with E-state index in [0.717, 1.165) is 19.0 Å². The minimum Gasteiger partial charge on any atom is -0.308 e. The van der Waals surface area contributed by atoms with Gasteiger partial charge < -0.3 is 10.2 Å². The Labute approximate surface area is 101 Å². The Morgan fingerprint density at radius 2 is 2.00 bits per heavy atom.